The quantitative estimate of drug-likeness (QED) is 0.476. The molecule has 0 fully saturated rings. The van der Waals surface area contributed by atoms with Gasteiger partial charge < -0.3 is 0 Å². The van der Waals surface area contributed by atoms with E-state index in [1.165, 1.54) is 0 Å². The molecule has 0 bridgehead atoms. The Labute approximate surface area is 42.5 Å². The van der Waals surface area contributed by atoms with Gasteiger partial charge in [0.05, 0.1) is 6.61 Å². The van der Waals surface area contributed by atoms with Crippen LogP contribution in [-0.2, 0) is 9.90 Å². The molecule has 0 spiro atoms. The lowest BCUT2D eigenvalue weighted by molar-refractivity contribution is -0.115. The van der Waals surface area contributed by atoms with Gasteiger partial charge in [0.1, 0.15) is 0 Å². The molecule has 2 nitrogen and oxygen atoms in total. The lowest BCUT2D eigenvalue weighted by Gasteiger charge is -1.80. The summed E-state index contributed by atoms with van der Waals surface area (Å²) in [5.41, 5.74) is 0. The largest absolute Gasteiger partial charge is 0.295 e. The van der Waals surface area contributed by atoms with E-state index < -0.39 is 0 Å². The van der Waals surface area contributed by atoms with Crippen molar-refractivity contribution in [1.29, 1.82) is 0 Å². The van der Waals surface area contributed by atoms with Crippen LogP contribution in [0, 0.1) is 0 Å². The van der Waals surface area contributed by atoms with Gasteiger partial charge in [0.2, 0.25) is 0 Å². The molecular weight excluding hydrogens is 92.1 g/mol. The zero-order chi connectivity index (χ0) is 5.70. The van der Waals surface area contributed by atoms with Gasteiger partial charge in [0.15, 0.2) is 5.78 Å². The minimum atomic E-state index is -0.329. The molecule has 0 amide bonds. The second-order valence-corrected chi connectivity index (χ2v) is 1.12. The zero-order valence-electron chi connectivity index (χ0n) is 4.02. The van der Waals surface area contributed by atoms with Crippen LogP contribution in [0.15, 0.2) is 12.7 Å². The first-order chi connectivity index (χ1) is 3.31. The number of allylic oxidation sites excluding steroid dienone is 1. The van der Waals surface area contributed by atoms with Crippen molar-refractivity contribution in [2.24, 2.45) is 0 Å². The van der Waals surface area contributed by atoms with Gasteiger partial charge in [-0.25, -0.2) is 5.11 Å². The minimum Gasteiger partial charge on any atom is -0.295 e. The fraction of sp³-hybridized carbons (Fsp3) is 0.400. The van der Waals surface area contributed by atoms with E-state index in [-0.39, 0.29) is 18.8 Å². The number of hydrogen-bond donors (Lipinski definition) is 0. The smallest absolute Gasteiger partial charge is 0.157 e. The molecule has 7 heavy (non-hydrogen) atoms. The van der Waals surface area contributed by atoms with Crippen LogP contribution in [0.1, 0.15) is 6.42 Å². The SMILES string of the molecule is C=CC(=O)CC[O]. The van der Waals surface area contributed by atoms with E-state index in [0.717, 1.165) is 6.08 Å². The summed E-state index contributed by atoms with van der Waals surface area (Å²) in [5.74, 6) is -0.171. The highest BCUT2D eigenvalue weighted by molar-refractivity contribution is 5.88. The Balaban J connectivity index is 3.17. The lowest BCUT2D eigenvalue weighted by Crippen LogP contribution is -1.93. The molecule has 1 radical (unpaired) electrons. The topological polar surface area (TPSA) is 37.0 Å². The van der Waals surface area contributed by atoms with Crippen molar-refractivity contribution >= 4 is 5.78 Å². The molecule has 0 aliphatic carbocycles. The summed E-state index contributed by atoms with van der Waals surface area (Å²) in [4.78, 5) is 10.1. The second-order valence-electron chi connectivity index (χ2n) is 1.12. The van der Waals surface area contributed by atoms with Crippen LogP contribution in [0.5, 0.6) is 0 Å². The first kappa shape index (κ1) is 6.37. The Hall–Kier alpha value is -0.630. The van der Waals surface area contributed by atoms with Gasteiger partial charge in [-0.15, -0.1) is 0 Å². The number of rotatable bonds is 3. The van der Waals surface area contributed by atoms with Crippen molar-refractivity contribution < 1.29 is 9.90 Å². The van der Waals surface area contributed by atoms with E-state index in [9.17, 15) is 9.90 Å². The second kappa shape index (κ2) is 3.56. The third-order valence-corrected chi connectivity index (χ3v) is 0.576. The summed E-state index contributed by atoms with van der Waals surface area (Å²) in [6.45, 7) is 2.86. The Morgan fingerprint density at radius 3 is 2.43 bits per heavy atom. The van der Waals surface area contributed by atoms with Crippen molar-refractivity contribution in [1.82, 2.24) is 0 Å². The normalized spacial score (nSPS) is 8.14. The first-order valence-corrected chi connectivity index (χ1v) is 2.04. The van der Waals surface area contributed by atoms with Crippen molar-refractivity contribution in [3.05, 3.63) is 12.7 Å². The molecule has 0 saturated heterocycles. The lowest BCUT2D eigenvalue weighted by atomic mass is 10.3. The number of carbonyl (C=O) groups is 1. The van der Waals surface area contributed by atoms with E-state index in [2.05, 4.69) is 6.58 Å². The van der Waals surface area contributed by atoms with Crippen LogP contribution in [0.2, 0.25) is 0 Å². The maximum Gasteiger partial charge on any atom is 0.157 e. The molecule has 0 unspecified atom stereocenters. The molecule has 2 heteroatoms. The van der Waals surface area contributed by atoms with Crippen molar-refractivity contribution in [2.75, 3.05) is 6.61 Å². The van der Waals surface area contributed by atoms with E-state index in [4.69, 9.17) is 0 Å². The summed E-state index contributed by atoms with van der Waals surface area (Å²) < 4.78 is 0. The number of ketones is 1. The molecule has 0 atom stereocenters. The molecule has 0 saturated carbocycles. The molecule has 0 aliphatic rings. The molecule has 0 heterocycles. The van der Waals surface area contributed by atoms with Gasteiger partial charge in [-0.05, 0) is 6.08 Å². The maximum absolute atomic E-state index is 10.1. The Morgan fingerprint density at radius 2 is 2.29 bits per heavy atom. The van der Waals surface area contributed by atoms with Crippen LogP contribution < -0.4 is 0 Å². The van der Waals surface area contributed by atoms with Crippen LogP contribution >= 0.6 is 0 Å². The van der Waals surface area contributed by atoms with Gasteiger partial charge in [0.25, 0.3) is 0 Å². The first-order valence-electron chi connectivity index (χ1n) is 2.04. The Kier molecular flexibility index (Phi) is 3.24. The van der Waals surface area contributed by atoms with Gasteiger partial charge in [0, 0.05) is 6.42 Å². The van der Waals surface area contributed by atoms with Gasteiger partial charge in [-0.2, -0.15) is 0 Å². The molecule has 39 valence electrons. The molecule has 0 rings (SSSR count). The number of carbonyl (C=O) groups excluding carboxylic acids is 1. The van der Waals surface area contributed by atoms with Crippen molar-refractivity contribution in [3.8, 4) is 0 Å². The summed E-state index contributed by atoms with van der Waals surface area (Å²) in [5, 5.41) is 9.63. The van der Waals surface area contributed by atoms with Gasteiger partial charge >= 0.3 is 0 Å². The Morgan fingerprint density at radius 1 is 1.71 bits per heavy atom. The third-order valence-electron chi connectivity index (χ3n) is 0.576. The standard InChI is InChI=1S/C5H7O2/c1-2-5(7)3-4-6/h2H,1,3-4H2. The molecular formula is C5H7O2. The highest BCUT2D eigenvalue weighted by Crippen LogP contribution is 1.79. The summed E-state index contributed by atoms with van der Waals surface area (Å²) in [6.07, 6.45) is 1.25. The van der Waals surface area contributed by atoms with Gasteiger partial charge in [-0.1, -0.05) is 6.58 Å². The fourth-order valence-corrected chi connectivity index (χ4v) is 0.203. The maximum atomic E-state index is 10.1. The Bertz CT molecular complexity index is 76.1. The monoisotopic (exact) mass is 99.0 g/mol. The van der Waals surface area contributed by atoms with Crippen LogP contribution in [0.4, 0.5) is 0 Å². The minimum absolute atomic E-state index is 0.0868. The molecule has 0 N–H and O–H groups in total. The van der Waals surface area contributed by atoms with Crippen molar-refractivity contribution in [2.45, 2.75) is 6.42 Å². The summed E-state index contributed by atoms with van der Waals surface area (Å²) >= 11 is 0. The van der Waals surface area contributed by atoms with E-state index in [1.54, 1.807) is 0 Å². The fourth-order valence-electron chi connectivity index (χ4n) is 0.203. The average Bonchev–Trinajstić information content (AvgIpc) is 1.68. The highest BCUT2D eigenvalue weighted by atomic mass is 16.3. The predicted octanol–water partition coefficient (Wildman–Crippen LogP) is 0.562. The van der Waals surface area contributed by atoms with Gasteiger partial charge in [-0.3, -0.25) is 4.79 Å². The van der Waals surface area contributed by atoms with Crippen LogP contribution in [-0.4, -0.2) is 12.4 Å². The molecule has 0 aromatic heterocycles. The van der Waals surface area contributed by atoms with E-state index in [0.29, 0.717) is 0 Å². The van der Waals surface area contributed by atoms with Crippen molar-refractivity contribution in [3.63, 3.8) is 0 Å². The van der Waals surface area contributed by atoms with Crippen LogP contribution in [0.25, 0.3) is 0 Å². The summed E-state index contributed by atoms with van der Waals surface area (Å²) in [7, 11) is 0. The zero-order valence-corrected chi connectivity index (χ0v) is 4.02. The average molecular weight is 99.1 g/mol. The van der Waals surface area contributed by atoms with E-state index in [1.807, 2.05) is 0 Å². The van der Waals surface area contributed by atoms with E-state index >= 15 is 0 Å². The number of hydrogen-bond acceptors (Lipinski definition) is 1. The summed E-state index contributed by atoms with van der Waals surface area (Å²) in [6, 6.07) is 0. The predicted molar refractivity (Wildman–Crippen MR) is 25.4 cm³/mol. The molecule has 0 aliphatic heterocycles. The van der Waals surface area contributed by atoms with Crippen LogP contribution in [0.3, 0.4) is 0 Å². The highest BCUT2D eigenvalue weighted by Gasteiger charge is 1.89. The third kappa shape index (κ3) is 3.19. The molecule has 0 aromatic rings. The molecule has 0 aromatic carbocycles.